The molecule has 0 fully saturated rings. The second-order valence-corrected chi connectivity index (χ2v) is 6.99. The van der Waals surface area contributed by atoms with Crippen LogP contribution in [-0.2, 0) is 9.59 Å². The number of carbonyl (C=O) groups is 2. The Labute approximate surface area is 160 Å². The van der Waals surface area contributed by atoms with E-state index in [1.165, 1.54) is 12.1 Å². The van der Waals surface area contributed by atoms with Gasteiger partial charge in [0.25, 0.3) is 0 Å². The highest BCUT2D eigenvalue weighted by atomic mass is 79.9. The van der Waals surface area contributed by atoms with E-state index < -0.39 is 5.82 Å². The molecule has 0 saturated carbocycles. The Bertz CT molecular complexity index is 781. The molecule has 2 N–H and O–H groups in total. The first-order valence-electron chi connectivity index (χ1n) is 8.13. The Hall–Kier alpha value is -2.25. The average Bonchev–Trinajstić information content (AvgIpc) is 2.57. The first kappa shape index (κ1) is 20.1. The van der Waals surface area contributed by atoms with Crippen LogP contribution in [0.1, 0.15) is 12.0 Å². The quantitative estimate of drug-likeness (QED) is 0.714. The number of nitrogens with one attached hydrogen (secondary N) is 2. The van der Waals surface area contributed by atoms with Crippen molar-refractivity contribution in [2.45, 2.75) is 13.3 Å². The number of likely N-dealkylation sites (N-methyl/N-ethyl adjacent to an activating group) is 1. The number of aryl methyl sites for hydroxylation is 1. The Kier molecular flexibility index (Phi) is 7.29. The van der Waals surface area contributed by atoms with E-state index in [9.17, 15) is 14.0 Å². The lowest BCUT2D eigenvalue weighted by molar-refractivity contribution is -0.119. The van der Waals surface area contributed by atoms with E-state index in [4.69, 9.17) is 0 Å². The Balaban J connectivity index is 1.75. The molecule has 0 atom stereocenters. The van der Waals surface area contributed by atoms with E-state index in [0.717, 1.165) is 11.3 Å². The Morgan fingerprint density at radius 2 is 1.77 bits per heavy atom. The molecule has 0 aliphatic heterocycles. The summed E-state index contributed by atoms with van der Waals surface area (Å²) in [5, 5.41) is 5.33. The molecule has 2 amide bonds. The minimum Gasteiger partial charge on any atom is -0.325 e. The fourth-order valence-electron chi connectivity index (χ4n) is 2.26. The molecule has 0 radical (unpaired) electrons. The van der Waals surface area contributed by atoms with Crippen LogP contribution < -0.4 is 10.6 Å². The molecular weight excluding hydrogens is 401 g/mol. The van der Waals surface area contributed by atoms with Crippen LogP contribution in [0.3, 0.4) is 0 Å². The number of carbonyl (C=O) groups excluding carboxylic acids is 2. The van der Waals surface area contributed by atoms with E-state index in [0.29, 0.717) is 11.0 Å². The fraction of sp³-hybridized carbons (Fsp3) is 0.263. The van der Waals surface area contributed by atoms with Gasteiger partial charge in [-0.1, -0.05) is 33.6 Å². The highest BCUT2D eigenvalue weighted by Crippen LogP contribution is 2.19. The molecule has 0 bridgehead atoms. The normalized spacial score (nSPS) is 10.7. The molecule has 2 aromatic rings. The van der Waals surface area contributed by atoms with Gasteiger partial charge in [0.05, 0.1) is 12.2 Å². The van der Waals surface area contributed by atoms with Crippen molar-refractivity contribution in [2.75, 3.05) is 30.8 Å². The molecule has 0 unspecified atom stereocenters. The van der Waals surface area contributed by atoms with Crippen LogP contribution in [0.25, 0.3) is 0 Å². The van der Waals surface area contributed by atoms with Crippen LogP contribution >= 0.6 is 15.9 Å². The summed E-state index contributed by atoms with van der Waals surface area (Å²) in [5.74, 6) is -0.966. The third kappa shape index (κ3) is 6.57. The number of anilines is 2. The third-order valence-corrected chi connectivity index (χ3v) is 4.17. The van der Waals surface area contributed by atoms with Crippen molar-refractivity contribution < 1.29 is 14.0 Å². The lowest BCUT2D eigenvalue weighted by Crippen LogP contribution is -2.32. The molecule has 0 aliphatic rings. The summed E-state index contributed by atoms with van der Waals surface area (Å²) in [5.41, 5.74) is 1.99. The van der Waals surface area contributed by atoms with Crippen molar-refractivity contribution in [3.63, 3.8) is 0 Å². The van der Waals surface area contributed by atoms with Gasteiger partial charge in [0.2, 0.25) is 11.8 Å². The molecule has 0 spiro atoms. The largest absolute Gasteiger partial charge is 0.325 e. The zero-order valence-corrected chi connectivity index (χ0v) is 16.3. The van der Waals surface area contributed by atoms with Gasteiger partial charge in [0.1, 0.15) is 5.82 Å². The molecule has 0 aliphatic carbocycles. The molecule has 0 saturated heterocycles. The number of hydrogen-bond acceptors (Lipinski definition) is 3. The molecular formula is C19H21BrFN3O2. The minimum atomic E-state index is -0.501. The molecule has 0 heterocycles. The molecule has 5 nitrogen and oxygen atoms in total. The van der Waals surface area contributed by atoms with Crippen molar-refractivity contribution in [3.05, 3.63) is 58.3 Å². The van der Waals surface area contributed by atoms with Gasteiger partial charge < -0.3 is 10.6 Å². The van der Waals surface area contributed by atoms with Gasteiger partial charge in [-0.3, -0.25) is 14.5 Å². The van der Waals surface area contributed by atoms with E-state index in [-0.39, 0.29) is 30.5 Å². The van der Waals surface area contributed by atoms with Gasteiger partial charge in [-0.25, -0.2) is 4.39 Å². The van der Waals surface area contributed by atoms with Crippen molar-refractivity contribution >= 4 is 39.1 Å². The van der Waals surface area contributed by atoms with E-state index in [1.54, 1.807) is 18.0 Å². The number of rotatable bonds is 7. The number of halogens is 2. The maximum atomic E-state index is 13.7. The second-order valence-electron chi connectivity index (χ2n) is 6.07. The van der Waals surface area contributed by atoms with Crippen molar-refractivity contribution in [2.24, 2.45) is 0 Å². The van der Waals surface area contributed by atoms with Crippen molar-refractivity contribution in [3.8, 4) is 0 Å². The standard InChI is InChI=1S/C19H21BrFN3O2/c1-13-3-6-15(7-4-13)22-19(26)12-24(2)10-9-18(25)23-17-8-5-14(20)11-16(17)21/h3-8,11H,9-10,12H2,1-2H3,(H,22,26)(H,23,25). The molecule has 26 heavy (non-hydrogen) atoms. The van der Waals surface area contributed by atoms with Crippen LogP contribution in [0.4, 0.5) is 15.8 Å². The Morgan fingerprint density at radius 3 is 2.42 bits per heavy atom. The SMILES string of the molecule is Cc1ccc(NC(=O)CN(C)CCC(=O)Nc2ccc(Br)cc2F)cc1. The zero-order valence-electron chi connectivity index (χ0n) is 14.7. The molecule has 138 valence electrons. The van der Waals surface area contributed by atoms with Gasteiger partial charge in [0, 0.05) is 23.1 Å². The number of amides is 2. The molecule has 7 heteroatoms. The van der Waals surface area contributed by atoms with E-state index >= 15 is 0 Å². The smallest absolute Gasteiger partial charge is 0.238 e. The highest BCUT2D eigenvalue weighted by Gasteiger charge is 2.11. The monoisotopic (exact) mass is 421 g/mol. The predicted octanol–water partition coefficient (Wildman–Crippen LogP) is 3.80. The lowest BCUT2D eigenvalue weighted by atomic mass is 10.2. The van der Waals surface area contributed by atoms with Crippen molar-refractivity contribution in [1.82, 2.24) is 4.90 Å². The maximum absolute atomic E-state index is 13.7. The van der Waals surface area contributed by atoms with Crippen LogP contribution in [0.5, 0.6) is 0 Å². The number of hydrogen-bond donors (Lipinski definition) is 2. The summed E-state index contributed by atoms with van der Waals surface area (Å²) in [7, 11) is 1.75. The predicted molar refractivity (Wildman–Crippen MR) is 105 cm³/mol. The second kappa shape index (κ2) is 9.45. The van der Waals surface area contributed by atoms with Gasteiger partial charge in [0.15, 0.2) is 0 Å². The first-order chi connectivity index (χ1) is 12.3. The zero-order chi connectivity index (χ0) is 19.1. The van der Waals surface area contributed by atoms with Crippen LogP contribution in [0.2, 0.25) is 0 Å². The van der Waals surface area contributed by atoms with E-state index in [1.807, 2.05) is 31.2 Å². The third-order valence-electron chi connectivity index (χ3n) is 3.67. The highest BCUT2D eigenvalue weighted by molar-refractivity contribution is 9.10. The molecule has 2 aromatic carbocycles. The van der Waals surface area contributed by atoms with Crippen molar-refractivity contribution in [1.29, 1.82) is 0 Å². The van der Waals surface area contributed by atoms with Crippen LogP contribution in [0.15, 0.2) is 46.9 Å². The molecule has 0 aromatic heterocycles. The number of nitrogens with zero attached hydrogens (tertiary/aromatic N) is 1. The summed E-state index contributed by atoms with van der Waals surface area (Å²) in [6.07, 6.45) is 0.157. The van der Waals surface area contributed by atoms with Gasteiger partial charge >= 0.3 is 0 Å². The summed E-state index contributed by atoms with van der Waals surface area (Å²) >= 11 is 3.17. The van der Waals surface area contributed by atoms with Crippen LogP contribution in [-0.4, -0.2) is 36.9 Å². The van der Waals surface area contributed by atoms with Gasteiger partial charge in [-0.15, -0.1) is 0 Å². The summed E-state index contributed by atoms with van der Waals surface area (Å²) < 4.78 is 14.3. The van der Waals surface area contributed by atoms with Gasteiger partial charge in [-0.05, 0) is 44.3 Å². The fourth-order valence-corrected chi connectivity index (χ4v) is 2.59. The summed E-state index contributed by atoms with van der Waals surface area (Å²) in [6.45, 7) is 2.52. The molecule has 2 rings (SSSR count). The Morgan fingerprint density at radius 1 is 1.08 bits per heavy atom. The number of benzene rings is 2. The summed E-state index contributed by atoms with van der Waals surface area (Å²) in [4.78, 5) is 25.7. The van der Waals surface area contributed by atoms with E-state index in [2.05, 4.69) is 26.6 Å². The van der Waals surface area contributed by atoms with Gasteiger partial charge in [-0.2, -0.15) is 0 Å². The minimum absolute atomic E-state index is 0.137. The lowest BCUT2D eigenvalue weighted by Gasteiger charge is -2.16. The first-order valence-corrected chi connectivity index (χ1v) is 8.93. The maximum Gasteiger partial charge on any atom is 0.238 e. The average molecular weight is 422 g/mol. The summed E-state index contributed by atoms with van der Waals surface area (Å²) in [6, 6.07) is 12.0. The van der Waals surface area contributed by atoms with Crippen LogP contribution in [0, 0.1) is 12.7 Å². The topological polar surface area (TPSA) is 61.4 Å².